The van der Waals surface area contributed by atoms with Crippen LogP contribution in [0.2, 0.25) is 20.1 Å². The normalized spacial score (nSPS) is 17.9. The van der Waals surface area contributed by atoms with E-state index in [1.165, 1.54) is 43.8 Å². The molecule has 4 aromatic heterocycles. The van der Waals surface area contributed by atoms with Gasteiger partial charge in [-0.3, -0.25) is 9.59 Å². The number of anilines is 4. The monoisotopic (exact) mass is 1410 g/mol. The number of nitrogens with one attached hydrogen (secondary N) is 2. The zero-order valence-corrected chi connectivity index (χ0v) is 57.0. The number of hydrogen-bond acceptors (Lipinski definition) is 18. The quantitative estimate of drug-likeness (QED) is 0.0396. The Balaban J connectivity index is 0.000000198. The van der Waals surface area contributed by atoms with E-state index in [0.717, 1.165) is 59.8 Å². The summed E-state index contributed by atoms with van der Waals surface area (Å²) >= 11 is 25.4. The van der Waals surface area contributed by atoms with E-state index < -0.39 is 23.8 Å². The van der Waals surface area contributed by atoms with Gasteiger partial charge < -0.3 is 48.9 Å². The molecule has 26 nitrogen and oxygen atoms in total. The zero-order chi connectivity index (χ0) is 68.8. The number of hydrogen-bond donors (Lipinski definition) is 2. The van der Waals surface area contributed by atoms with E-state index in [0.29, 0.717) is 68.9 Å². The van der Waals surface area contributed by atoms with Crippen LogP contribution in [0, 0.1) is 0 Å². The molecule has 6 heterocycles. The topological polar surface area (TPSA) is 261 Å². The maximum atomic E-state index is 12.7. The van der Waals surface area contributed by atoms with Gasteiger partial charge in [0.15, 0.2) is 0 Å². The van der Waals surface area contributed by atoms with Crippen molar-refractivity contribution in [2.75, 3.05) is 73.0 Å². The van der Waals surface area contributed by atoms with Crippen molar-refractivity contribution in [3.05, 3.63) is 224 Å². The minimum atomic E-state index is -1.20. The van der Waals surface area contributed by atoms with Crippen molar-refractivity contribution >= 4 is 82.0 Å². The Hall–Kier alpha value is -9.38. The maximum Gasteiger partial charge on any atom is 0.350 e. The minimum absolute atomic E-state index is 0.0285. The van der Waals surface area contributed by atoms with Crippen molar-refractivity contribution in [1.29, 1.82) is 0 Å². The van der Waals surface area contributed by atoms with Crippen LogP contribution in [0.5, 0.6) is 11.5 Å². The highest BCUT2D eigenvalue weighted by Crippen LogP contribution is 2.42. The van der Waals surface area contributed by atoms with E-state index in [1.54, 1.807) is 92.5 Å². The average Bonchev–Trinajstić information content (AvgIpc) is 1.58. The number of rotatable bonds is 30. The summed E-state index contributed by atoms with van der Waals surface area (Å²) in [5, 5.41) is 25.4. The molecule has 0 saturated carbocycles. The molecule has 6 atom stereocenters. The summed E-state index contributed by atoms with van der Waals surface area (Å²) in [6, 6.07) is 39.9. The molecule has 30 heteroatoms. The minimum Gasteiger partial charge on any atom is -0.491 e. The molecule has 12 rings (SSSR count). The second-order valence-electron chi connectivity index (χ2n) is 23.2. The third-order valence-electron chi connectivity index (χ3n) is 16.6. The zero-order valence-electron chi connectivity index (χ0n) is 54.0. The van der Waals surface area contributed by atoms with E-state index in [4.69, 9.17) is 74.8 Å². The second-order valence-corrected chi connectivity index (χ2v) is 24.9. The van der Waals surface area contributed by atoms with Crippen LogP contribution in [0.25, 0.3) is 11.4 Å². The number of nitrogens with zero attached hydrogens (tertiary/aromatic N) is 14. The van der Waals surface area contributed by atoms with Gasteiger partial charge >= 0.3 is 11.4 Å². The van der Waals surface area contributed by atoms with E-state index in [9.17, 15) is 19.2 Å². The fraction of sp³-hybridized carbons (Fsp3) is 0.324. The highest BCUT2D eigenvalue weighted by atomic mass is 35.5. The molecule has 10 aromatic rings. The predicted molar refractivity (Wildman–Crippen MR) is 371 cm³/mol. The largest absolute Gasteiger partial charge is 0.491 e. The molecule has 0 spiro atoms. The fourth-order valence-electron chi connectivity index (χ4n) is 11.0. The summed E-state index contributed by atoms with van der Waals surface area (Å²) in [7, 11) is 0. The molecule has 512 valence electrons. The van der Waals surface area contributed by atoms with Crippen molar-refractivity contribution in [1.82, 2.24) is 58.2 Å². The van der Waals surface area contributed by atoms with Crippen LogP contribution >= 0.6 is 46.4 Å². The summed E-state index contributed by atoms with van der Waals surface area (Å²) in [5.74, 6) is -1.18. The first-order chi connectivity index (χ1) is 47.6. The number of carbonyl (C=O) groups is 2. The van der Waals surface area contributed by atoms with E-state index in [-0.39, 0.29) is 63.0 Å². The van der Waals surface area contributed by atoms with Crippen LogP contribution in [0.1, 0.15) is 63.7 Å². The standard InChI is InChI=1S/2C34H36Cl2N8O5/c2*1-3-24(2)44-33(46)43(22-40-44)28-7-5-26(6-8-28)38-14-15-41(23-45)27-9-11-29(12-10-27)47-17-30-18-48-34(49-30,19-42-21-37-20-39-42)31-13-4-25(35)16-32(31)36/h2*4-13,16,20-24,30,38H,3,14-15,17-19H2,1-2H3/t2*24?,30-,34-/m10/s1. The van der Waals surface area contributed by atoms with Crippen molar-refractivity contribution in [2.24, 2.45) is 0 Å². The fourth-order valence-corrected chi connectivity index (χ4v) is 12.1. The number of aromatic nitrogens is 12. The first-order valence-corrected chi connectivity index (χ1v) is 33.2. The molecular formula is C68H72Cl4N16O10. The van der Waals surface area contributed by atoms with Crippen molar-refractivity contribution in [3.63, 3.8) is 0 Å². The van der Waals surface area contributed by atoms with Gasteiger partial charge in [0.1, 0.15) is 88.0 Å². The van der Waals surface area contributed by atoms with Crippen LogP contribution in [0.15, 0.2) is 181 Å². The Morgan fingerprint density at radius 3 is 1.30 bits per heavy atom. The van der Waals surface area contributed by atoms with Gasteiger partial charge in [-0.1, -0.05) is 72.4 Å². The molecule has 0 bridgehead atoms. The summed E-state index contributed by atoms with van der Waals surface area (Å²) in [6.45, 7) is 11.3. The van der Waals surface area contributed by atoms with Crippen LogP contribution in [0.3, 0.4) is 0 Å². The number of amides is 2. The molecule has 2 amide bonds. The van der Waals surface area contributed by atoms with Crippen molar-refractivity contribution in [3.8, 4) is 22.9 Å². The van der Waals surface area contributed by atoms with E-state index >= 15 is 0 Å². The molecule has 2 aliphatic rings. The lowest BCUT2D eigenvalue weighted by Gasteiger charge is -2.29. The van der Waals surface area contributed by atoms with Crippen LogP contribution < -0.4 is 41.3 Å². The third kappa shape index (κ3) is 16.8. The molecule has 98 heavy (non-hydrogen) atoms. The Kier molecular flexibility index (Phi) is 23.1. The van der Waals surface area contributed by atoms with Gasteiger partial charge in [-0.25, -0.2) is 47.4 Å². The number of carbonyl (C=O) groups excluding carboxylic acids is 2. The molecule has 0 aliphatic carbocycles. The van der Waals surface area contributed by atoms with Crippen LogP contribution in [0.4, 0.5) is 22.7 Å². The van der Waals surface area contributed by atoms with Gasteiger partial charge in [0, 0.05) is 70.1 Å². The maximum absolute atomic E-state index is 12.7. The van der Waals surface area contributed by atoms with Gasteiger partial charge in [0.05, 0.1) is 46.7 Å². The van der Waals surface area contributed by atoms with Gasteiger partial charge in [0.25, 0.3) is 0 Å². The molecule has 6 aromatic carbocycles. The average molecular weight is 1420 g/mol. The lowest BCUT2D eigenvalue weighted by Crippen LogP contribution is -2.35. The van der Waals surface area contributed by atoms with Crippen molar-refractivity contribution < 1.29 is 38.0 Å². The highest BCUT2D eigenvalue weighted by molar-refractivity contribution is 6.35. The first-order valence-electron chi connectivity index (χ1n) is 31.7. The van der Waals surface area contributed by atoms with Gasteiger partial charge in [0.2, 0.25) is 24.4 Å². The molecule has 2 aliphatic heterocycles. The molecule has 0 radical (unpaired) electrons. The van der Waals surface area contributed by atoms with Crippen molar-refractivity contribution in [2.45, 2.75) is 89.5 Å². The number of ether oxygens (including phenoxy) is 6. The van der Waals surface area contributed by atoms with Crippen LogP contribution in [-0.2, 0) is 53.2 Å². The molecule has 2 fully saturated rings. The number of halogens is 4. The Morgan fingerprint density at radius 1 is 0.551 bits per heavy atom. The smallest absolute Gasteiger partial charge is 0.350 e. The lowest BCUT2D eigenvalue weighted by molar-refractivity contribution is -0.191. The van der Waals surface area contributed by atoms with Gasteiger partial charge in [-0.2, -0.15) is 20.4 Å². The molecule has 2 unspecified atom stereocenters. The second kappa shape index (κ2) is 32.3. The highest BCUT2D eigenvalue weighted by Gasteiger charge is 2.47. The Bertz CT molecular complexity index is 4080. The molecular weight excluding hydrogens is 1340 g/mol. The SMILES string of the molecule is CCC(C)n1ncn(-c2ccc(NCCN(C=O)c3ccc(OC[C@@H]4CO[C@@](Cn5cncn5)(c5ccc(Cl)cc5Cl)O4)cc3)cc2)c1=O.CCC(C)n1ncn(-c2ccc(NCCN(C=O)c3ccc(OC[C@H]4CO[C@](Cn5cncn5)(c5ccc(Cl)cc5Cl)O4)cc3)cc2)c1=O. The Morgan fingerprint density at radius 2 is 0.949 bits per heavy atom. The predicted octanol–water partition coefficient (Wildman–Crippen LogP) is 10.7. The summed E-state index contributed by atoms with van der Waals surface area (Å²) in [5.41, 5.74) is 5.54. The molecule has 2 saturated heterocycles. The lowest BCUT2D eigenvalue weighted by atomic mass is 10.1. The van der Waals surface area contributed by atoms with Gasteiger partial charge in [-0.15, -0.1) is 0 Å². The third-order valence-corrected chi connectivity index (χ3v) is 17.7. The summed E-state index contributed by atoms with van der Waals surface area (Å²) < 4.78 is 46.6. The Labute approximate surface area is 584 Å². The first kappa shape index (κ1) is 70.0. The molecule has 2 N–H and O–H groups in total. The summed E-state index contributed by atoms with van der Waals surface area (Å²) in [4.78, 5) is 60.5. The van der Waals surface area contributed by atoms with E-state index in [1.807, 2.05) is 100 Å². The van der Waals surface area contributed by atoms with E-state index in [2.05, 4.69) is 41.0 Å². The number of benzene rings is 6. The summed E-state index contributed by atoms with van der Waals surface area (Å²) in [6.07, 6.45) is 11.5. The van der Waals surface area contributed by atoms with Crippen LogP contribution in [-0.4, -0.2) is 136 Å². The van der Waals surface area contributed by atoms with Gasteiger partial charge in [-0.05, 0) is 148 Å².